The highest BCUT2D eigenvalue weighted by Gasteiger charge is 2.18. The van der Waals surface area contributed by atoms with Gasteiger partial charge in [-0.2, -0.15) is 12.6 Å². The molecule has 2 nitrogen and oxygen atoms in total. The van der Waals surface area contributed by atoms with Crippen molar-refractivity contribution < 1.29 is 9.84 Å². The zero-order valence-corrected chi connectivity index (χ0v) is 13.0. The van der Waals surface area contributed by atoms with E-state index in [9.17, 15) is 0 Å². The van der Waals surface area contributed by atoms with E-state index in [4.69, 9.17) is 9.84 Å². The predicted octanol–water partition coefficient (Wildman–Crippen LogP) is 4.70. The Bertz CT molecular complexity index is 454. The van der Waals surface area contributed by atoms with Gasteiger partial charge in [-0.25, -0.2) is 0 Å². The second-order valence-corrected chi connectivity index (χ2v) is 5.81. The lowest BCUT2D eigenvalue weighted by atomic mass is 9.97. The van der Waals surface area contributed by atoms with Crippen LogP contribution in [0.1, 0.15) is 25.7 Å². The van der Waals surface area contributed by atoms with Crippen LogP contribution in [0.2, 0.25) is 0 Å². The first-order valence-electron chi connectivity index (χ1n) is 7.40. The summed E-state index contributed by atoms with van der Waals surface area (Å²) in [5.41, 5.74) is 0. The highest BCUT2D eigenvalue weighted by Crippen LogP contribution is 2.22. The van der Waals surface area contributed by atoms with E-state index in [1.807, 2.05) is 60.7 Å². The zero-order valence-electron chi connectivity index (χ0n) is 12.1. The summed E-state index contributed by atoms with van der Waals surface area (Å²) in [6, 6.07) is 19.5. The lowest BCUT2D eigenvalue weighted by Crippen LogP contribution is -2.24. The normalized spacial score (nSPS) is 21.0. The van der Waals surface area contributed by atoms with E-state index in [1.54, 1.807) is 0 Å². The Morgan fingerprint density at radius 3 is 1.67 bits per heavy atom. The van der Waals surface area contributed by atoms with E-state index in [-0.39, 0.29) is 11.4 Å². The van der Waals surface area contributed by atoms with E-state index >= 15 is 0 Å². The van der Waals surface area contributed by atoms with Crippen LogP contribution < -0.4 is 4.74 Å². The molecule has 0 aromatic heterocycles. The minimum atomic E-state index is -0.132. The average molecular weight is 302 g/mol. The van der Waals surface area contributed by atoms with Crippen molar-refractivity contribution in [2.45, 2.75) is 37.0 Å². The molecule has 0 saturated heterocycles. The Hall–Kier alpha value is -1.45. The molecular formula is C18H22O2S. The summed E-state index contributed by atoms with van der Waals surface area (Å²) in [4.78, 5) is 0. The fourth-order valence-corrected chi connectivity index (χ4v) is 2.54. The first kappa shape index (κ1) is 15.9. The molecule has 1 N–H and O–H groups in total. The average Bonchev–Trinajstić information content (AvgIpc) is 2.53. The van der Waals surface area contributed by atoms with Crippen LogP contribution in [0, 0.1) is 0 Å². The smallest absolute Gasteiger partial charge is 0.127 e. The Balaban J connectivity index is 0.000000173. The molecule has 0 aliphatic heterocycles. The molecule has 2 aromatic carbocycles. The van der Waals surface area contributed by atoms with Gasteiger partial charge in [0.1, 0.15) is 11.5 Å². The van der Waals surface area contributed by atoms with Crippen molar-refractivity contribution in [3.63, 3.8) is 0 Å². The summed E-state index contributed by atoms with van der Waals surface area (Å²) in [6.07, 6.45) is 4.33. The lowest BCUT2D eigenvalue weighted by molar-refractivity contribution is 0.137. The van der Waals surface area contributed by atoms with Crippen molar-refractivity contribution in [3.8, 4) is 11.5 Å². The van der Waals surface area contributed by atoms with Gasteiger partial charge in [0.2, 0.25) is 0 Å². The molecule has 0 bridgehead atoms. The number of hydrogen-bond donors (Lipinski definition) is 2. The van der Waals surface area contributed by atoms with Crippen LogP contribution in [0.15, 0.2) is 60.7 Å². The quantitative estimate of drug-likeness (QED) is 0.788. The van der Waals surface area contributed by atoms with Crippen LogP contribution in [0.5, 0.6) is 11.5 Å². The van der Waals surface area contributed by atoms with Gasteiger partial charge in [0.25, 0.3) is 0 Å². The summed E-state index contributed by atoms with van der Waals surface area (Å²) in [6.45, 7) is 0. The van der Waals surface area contributed by atoms with Gasteiger partial charge < -0.3 is 9.84 Å². The number of hydrogen-bond acceptors (Lipinski definition) is 3. The van der Waals surface area contributed by atoms with Gasteiger partial charge in [0.15, 0.2) is 0 Å². The summed E-state index contributed by atoms with van der Waals surface area (Å²) >= 11 is 4.21. The van der Waals surface area contributed by atoms with Crippen molar-refractivity contribution >= 4 is 12.6 Å². The van der Waals surface area contributed by atoms with Gasteiger partial charge in [-0.3, -0.25) is 0 Å². The SMILES string of the molecule is OC1CCCCC1S.c1ccc(Oc2ccccc2)cc1. The summed E-state index contributed by atoms with van der Waals surface area (Å²) in [5, 5.41) is 9.35. The minimum absolute atomic E-state index is 0.132. The fourth-order valence-electron chi connectivity index (χ4n) is 2.20. The third-order valence-corrected chi connectivity index (χ3v) is 4.02. The molecule has 112 valence electrons. The number of benzene rings is 2. The van der Waals surface area contributed by atoms with Crippen molar-refractivity contribution in [1.29, 1.82) is 0 Å². The maximum atomic E-state index is 9.10. The molecule has 0 spiro atoms. The van der Waals surface area contributed by atoms with Crippen LogP contribution >= 0.6 is 12.6 Å². The van der Waals surface area contributed by atoms with Crippen molar-refractivity contribution in [2.75, 3.05) is 0 Å². The highest BCUT2D eigenvalue weighted by molar-refractivity contribution is 7.81. The third kappa shape index (κ3) is 5.82. The Labute approximate surface area is 132 Å². The third-order valence-electron chi connectivity index (χ3n) is 3.42. The Morgan fingerprint density at radius 2 is 1.29 bits per heavy atom. The predicted molar refractivity (Wildman–Crippen MR) is 90.2 cm³/mol. The van der Waals surface area contributed by atoms with Gasteiger partial charge in [-0.05, 0) is 37.1 Å². The van der Waals surface area contributed by atoms with Crippen LogP contribution in [-0.2, 0) is 0 Å². The van der Waals surface area contributed by atoms with Crippen molar-refractivity contribution in [2.24, 2.45) is 0 Å². The van der Waals surface area contributed by atoms with Crippen molar-refractivity contribution in [1.82, 2.24) is 0 Å². The maximum Gasteiger partial charge on any atom is 0.127 e. The largest absolute Gasteiger partial charge is 0.457 e. The number of thiol groups is 1. The van der Waals surface area contributed by atoms with Gasteiger partial charge >= 0.3 is 0 Å². The standard InChI is InChI=1S/C12H10O.C6H12OS/c1-3-7-11(8-4-1)13-12-9-5-2-6-10-12;7-5-3-1-2-4-6(5)8/h1-10H;5-8H,1-4H2. The molecule has 0 radical (unpaired) electrons. The molecule has 1 aliphatic carbocycles. The molecule has 0 heterocycles. The lowest BCUT2D eigenvalue weighted by Gasteiger charge is -2.22. The van der Waals surface area contributed by atoms with Crippen LogP contribution in [0.3, 0.4) is 0 Å². The maximum absolute atomic E-state index is 9.10. The highest BCUT2D eigenvalue weighted by atomic mass is 32.1. The number of ether oxygens (including phenoxy) is 1. The van der Waals surface area contributed by atoms with E-state index in [2.05, 4.69) is 12.6 Å². The molecule has 2 atom stereocenters. The summed E-state index contributed by atoms with van der Waals surface area (Å²) in [5.74, 6) is 1.74. The fraction of sp³-hybridized carbons (Fsp3) is 0.333. The molecule has 21 heavy (non-hydrogen) atoms. The van der Waals surface area contributed by atoms with Gasteiger partial charge in [-0.15, -0.1) is 0 Å². The zero-order chi connectivity index (χ0) is 14.9. The molecule has 1 saturated carbocycles. The number of aliphatic hydroxyl groups is 1. The first-order valence-corrected chi connectivity index (χ1v) is 7.91. The second-order valence-electron chi connectivity index (χ2n) is 5.15. The van der Waals surface area contributed by atoms with Crippen LogP contribution in [0.4, 0.5) is 0 Å². The topological polar surface area (TPSA) is 29.5 Å². The Kier molecular flexibility index (Phi) is 6.64. The first-order chi connectivity index (χ1) is 10.3. The number of para-hydroxylation sites is 2. The van der Waals surface area contributed by atoms with Crippen LogP contribution in [0.25, 0.3) is 0 Å². The molecule has 1 fully saturated rings. The van der Waals surface area contributed by atoms with Crippen molar-refractivity contribution in [3.05, 3.63) is 60.7 Å². The molecule has 3 heteroatoms. The molecule has 0 amide bonds. The number of rotatable bonds is 2. The molecule has 2 aromatic rings. The molecule has 3 rings (SSSR count). The Morgan fingerprint density at radius 1 is 0.810 bits per heavy atom. The van der Waals surface area contributed by atoms with E-state index in [0.717, 1.165) is 24.3 Å². The summed E-state index contributed by atoms with van der Waals surface area (Å²) < 4.78 is 5.58. The number of aliphatic hydroxyl groups excluding tert-OH is 1. The van der Waals surface area contributed by atoms with Gasteiger partial charge in [-0.1, -0.05) is 49.2 Å². The molecule has 1 aliphatic rings. The second kappa shape index (κ2) is 8.75. The van der Waals surface area contributed by atoms with Gasteiger partial charge in [0.05, 0.1) is 6.10 Å². The summed E-state index contributed by atoms with van der Waals surface area (Å²) in [7, 11) is 0. The van der Waals surface area contributed by atoms with Crippen LogP contribution in [-0.4, -0.2) is 16.5 Å². The minimum Gasteiger partial charge on any atom is -0.457 e. The van der Waals surface area contributed by atoms with E-state index in [1.165, 1.54) is 12.8 Å². The molecular weight excluding hydrogens is 280 g/mol. The van der Waals surface area contributed by atoms with Gasteiger partial charge in [0, 0.05) is 5.25 Å². The molecule has 2 unspecified atom stereocenters. The van der Waals surface area contributed by atoms with E-state index in [0.29, 0.717) is 0 Å². The van der Waals surface area contributed by atoms with E-state index < -0.39 is 0 Å². The monoisotopic (exact) mass is 302 g/mol.